The molecule has 3 rings (SSSR count). The Morgan fingerprint density at radius 1 is 1.30 bits per heavy atom. The van der Waals surface area contributed by atoms with Crippen molar-refractivity contribution in [2.45, 2.75) is 26.2 Å². The van der Waals surface area contributed by atoms with Crippen molar-refractivity contribution >= 4 is 22.5 Å². The maximum absolute atomic E-state index is 12.9. The molecule has 4 heteroatoms. The normalized spacial score (nSPS) is 18.5. The van der Waals surface area contributed by atoms with Crippen molar-refractivity contribution in [3.8, 4) is 6.07 Å². The van der Waals surface area contributed by atoms with Gasteiger partial charge in [-0.3, -0.25) is 9.59 Å². The van der Waals surface area contributed by atoms with Gasteiger partial charge in [0.05, 0.1) is 6.07 Å². The number of nitriles is 1. The number of hydrogen-bond donors (Lipinski definition) is 1. The van der Waals surface area contributed by atoms with Crippen molar-refractivity contribution in [1.82, 2.24) is 4.98 Å². The fourth-order valence-electron chi connectivity index (χ4n) is 3.28. The van der Waals surface area contributed by atoms with Crippen LogP contribution in [0.3, 0.4) is 0 Å². The summed E-state index contributed by atoms with van der Waals surface area (Å²) in [7, 11) is 0. The average molecular weight is 306 g/mol. The Hall–Kier alpha value is -2.67. The molecule has 0 radical (unpaired) electrons. The van der Waals surface area contributed by atoms with Crippen LogP contribution in [-0.2, 0) is 4.79 Å². The highest BCUT2D eigenvalue weighted by molar-refractivity contribution is 6.19. The van der Waals surface area contributed by atoms with E-state index in [4.69, 9.17) is 0 Å². The summed E-state index contributed by atoms with van der Waals surface area (Å²) in [5.41, 5.74) is 2.01. The second-order valence-electron chi connectivity index (χ2n) is 5.98. The van der Waals surface area contributed by atoms with E-state index in [0.29, 0.717) is 24.1 Å². The molecule has 0 unspecified atom stereocenters. The van der Waals surface area contributed by atoms with E-state index < -0.39 is 5.92 Å². The van der Waals surface area contributed by atoms with Crippen LogP contribution in [0.25, 0.3) is 10.9 Å². The molecular formula is C19H18N2O2. The first kappa shape index (κ1) is 15.2. The van der Waals surface area contributed by atoms with Gasteiger partial charge >= 0.3 is 0 Å². The van der Waals surface area contributed by atoms with E-state index in [2.05, 4.69) is 4.98 Å². The highest BCUT2D eigenvalue weighted by atomic mass is 16.2. The molecular weight excluding hydrogens is 288 g/mol. The molecule has 1 N–H and O–H groups in total. The van der Waals surface area contributed by atoms with Crippen molar-refractivity contribution < 1.29 is 9.59 Å². The van der Waals surface area contributed by atoms with Crippen LogP contribution < -0.4 is 0 Å². The van der Waals surface area contributed by atoms with Crippen molar-refractivity contribution in [3.05, 3.63) is 47.7 Å². The van der Waals surface area contributed by atoms with Crippen LogP contribution in [0, 0.1) is 30.1 Å². The number of rotatable bonds is 4. The second-order valence-corrected chi connectivity index (χ2v) is 5.98. The van der Waals surface area contributed by atoms with Gasteiger partial charge in [0.2, 0.25) is 0 Å². The largest absolute Gasteiger partial charge is 0.358 e. The van der Waals surface area contributed by atoms with E-state index in [-0.39, 0.29) is 17.5 Å². The van der Waals surface area contributed by atoms with Gasteiger partial charge in [0.1, 0.15) is 0 Å². The fraction of sp³-hybridized carbons (Fsp3) is 0.316. The van der Waals surface area contributed by atoms with Crippen molar-refractivity contribution in [2.24, 2.45) is 11.8 Å². The average Bonchev–Trinajstić information content (AvgIpc) is 2.91. The molecule has 4 nitrogen and oxygen atoms in total. The Balaban J connectivity index is 1.96. The molecule has 1 aliphatic rings. The Bertz CT molecular complexity index is 839. The van der Waals surface area contributed by atoms with Crippen molar-refractivity contribution in [3.63, 3.8) is 0 Å². The number of fused-ring (bicyclic) bond motifs is 1. The minimum Gasteiger partial charge on any atom is -0.358 e. The minimum atomic E-state index is -1.22. The van der Waals surface area contributed by atoms with Crippen LogP contribution in [0.1, 0.15) is 35.3 Å². The topological polar surface area (TPSA) is 73.7 Å². The molecule has 1 aliphatic carbocycles. The van der Waals surface area contributed by atoms with E-state index in [1.807, 2.05) is 42.5 Å². The zero-order valence-electron chi connectivity index (χ0n) is 13.0. The lowest BCUT2D eigenvalue weighted by atomic mass is 9.82. The molecule has 116 valence electrons. The molecule has 0 amide bonds. The zero-order valence-corrected chi connectivity index (χ0v) is 13.0. The summed E-state index contributed by atoms with van der Waals surface area (Å²) in [6.45, 7) is 1.80. The van der Waals surface area contributed by atoms with Gasteiger partial charge in [-0.05, 0) is 32.3 Å². The number of para-hydroxylation sites is 1. The molecule has 0 saturated carbocycles. The molecule has 0 spiro atoms. The van der Waals surface area contributed by atoms with E-state index in [1.165, 1.54) is 0 Å². The number of benzene rings is 1. The number of carbonyl (C=O) groups is 2. The van der Waals surface area contributed by atoms with E-state index in [1.54, 1.807) is 6.92 Å². The van der Waals surface area contributed by atoms with Gasteiger partial charge in [-0.2, -0.15) is 5.26 Å². The third-order valence-corrected chi connectivity index (χ3v) is 4.49. The van der Waals surface area contributed by atoms with Crippen LogP contribution in [0.2, 0.25) is 0 Å². The molecule has 0 fully saturated rings. The van der Waals surface area contributed by atoms with Gasteiger partial charge in [0, 0.05) is 28.1 Å². The molecule has 2 aromatic rings. The number of allylic oxidation sites excluding steroid dienone is 2. The number of aryl methyl sites for hydroxylation is 1. The Kier molecular flexibility index (Phi) is 4.12. The Morgan fingerprint density at radius 2 is 2.09 bits per heavy atom. The SMILES string of the molecule is Cc1[nH]c2ccccc2c1C(=O)[C@@H](C#N)C(=O)[C@@H]1CC=CCC1. The van der Waals surface area contributed by atoms with E-state index >= 15 is 0 Å². The maximum Gasteiger partial charge on any atom is 0.189 e. The summed E-state index contributed by atoms with van der Waals surface area (Å²) in [6, 6.07) is 9.40. The van der Waals surface area contributed by atoms with Crippen LogP contribution in [0.4, 0.5) is 0 Å². The quantitative estimate of drug-likeness (QED) is 0.531. The second kappa shape index (κ2) is 6.21. The predicted octanol–water partition coefficient (Wildman–Crippen LogP) is 3.72. The van der Waals surface area contributed by atoms with Gasteiger partial charge in [0.25, 0.3) is 0 Å². The number of nitrogens with one attached hydrogen (secondary N) is 1. The van der Waals surface area contributed by atoms with E-state index in [0.717, 1.165) is 17.3 Å². The van der Waals surface area contributed by atoms with Crippen LogP contribution in [-0.4, -0.2) is 16.6 Å². The van der Waals surface area contributed by atoms with Crippen LogP contribution in [0.5, 0.6) is 0 Å². The lowest BCUT2D eigenvalue weighted by Gasteiger charge is -2.18. The lowest BCUT2D eigenvalue weighted by molar-refractivity contribution is -0.124. The first-order valence-corrected chi connectivity index (χ1v) is 7.83. The number of aromatic amines is 1. The minimum absolute atomic E-state index is 0.223. The number of carbonyl (C=O) groups excluding carboxylic acids is 2. The standard InChI is InChI=1S/C19H18N2O2/c1-12-17(14-9-5-6-10-16(14)21-12)19(23)15(11-20)18(22)13-7-3-2-4-8-13/h2-3,5-6,9-10,13,15,21H,4,7-8H2,1H3/t13-,15+/m1/s1. The maximum atomic E-state index is 12.9. The van der Waals surface area contributed by atoms with E-state index in [9.17, 15) is 14.9 Å². The van der Waals surface area contributed by atoms with Crippen LogP contribution in [0.15, 0.2) is 36.4 Å². The van der Waals surface area contributed by atoms with Gasteiger partial charge in [-0.1, -0.05) is 30.4 Å². The van der Waals surface area contributed by atoms with Gasteiger partial charge in [0.15, 0.2) is 17.5 Å². The van der Waals surface area contributed by atoms with Crippen molar-refractivity contribution in [1.29, 1.82) is 5.26 Å². The lowest BCUT2D eigenvalue weighted by Crippen LogP contribution is -2.29. The van der Waals surface area contributed by atoms with Crippen LogP contribution >= 0.6 is 0 Å². The van der Waals surface area contributed by atoms with Crippen molar-refractivity contribution in [2.75, 3.05) is 0 Å². The highest BCUT2D eigenvalue weighted by Gasteiger charge is 2.34. The third kappa shape index (κ3) is 2.70. The third-order valence-electron chi connectivity index (χ3n) is 4.49. The monoisotopic (exact) mass is 306 g/mol. The Labute approximate surface area is 134 Å². The Morgan fingerprint density at radius 3 is 2.78 bits per heavy atom. The van der Waals surface area contributed by atoms with Gasteiger partial charge in [-0.25, -0.2) is 0 Å². The first-order valence-electron chi connectivity index (χ1n) is 7.83. The number of nitrogens with zero attached hydrogens (tertiary/aromatic N) is 1. The van der Waals surface area contributed by atoms with Gasteiger partial charge in [-0.15, -0.1) is 0 Å². The fourth-order valence-corrected chi connectivity index (χ4v) is 3.28. The number of hydrogen-bond acceptors (Lipinski definition) is 3. The molecule has 1 heterocycles. The molecule has 1 aromatic carbocycles. The summed E-state index contributed by atoms with van der Waals surface area (Å²) >= 11 is 0. The summed E-state index contributed by atoms with van der Waals surface area (Å²) in [5, 5.41) is 10.2. The number of Topliss-reactive ketones (excluding diaryl/α,β-unsaturated/α-hetero) is 2. The zero-order chi connectivity index (χ0) is 16.4. The molecule has 1 aromatic heterocycles. The first-order chi connectivity index (χ1) is 11.1. The molecule has 0 bridgehead atoms. The number of ketones is 2. The van der Waals surface area contributed by atoms with Gasteiger partial charge < -0.3 is 4.98 Å². The summed E-state index contributed by atoms with van der Waals surface area (Å²) in [6.07, 6.45) is 6.17. The summed E-state index contributed by atoms with van der Waals surface area (Å²) in [5.74, 6) is -2.07. The predicted molar refractivity (Wildman–Crippen MR) is 88.0 cm³/mol. The smallest absolute Gasteiger partial charge is 0.189 e. The summed E-state index contributed by atoms with van der Waals surface area (Å²) in [4.78, 5) is 28.7. The highest BCUT2D eigenvalue weighted by Crippen LogP contribution is 2.28. The molecule has 23 heavy (non-hydrogen) atoms. The molecule has 0 aliphatic heterocycles. The number of H-pyrrole nitrogens is 1. The summed E-state index contributed by atoms with van der Waals surface area (Å²) < 4.78 is 0. The molecule has 0 saturated heterocycles. The molecule has 2 atom stereocenters. The number of aromatic nitrogens is 1.